The second-order valence-electron chi connectivity index (χ2n) is 7.77. The van der Waals surface area contributed by atoms with E-state index in [1.165, 1.54) is 7.11 Å². The summed E-state index contributed by atoms with van der Waals surface area (Å²) in [7, 11) is 1.52. The normalized spacial score (nSPS) is 14.3. The van der Waals surface area contributed by atoms with Gasteiger partial charge in [-0.3, -0.25) is 19.3 Å². The maximum absolute atomic E-state index is 12.9. The number of thioether (sulfide) groups is 1. The van der Waals surface area contributed by atoms with E-state index in [0.29, 0.717) is 33.8 Å². The number of hydrogen-bond acceptors (Lipinski definition) is 6. The summed E-state index contributed by atoms with van der Waals surface area (Å²) in [4.78, 5) is 38.9. The van der Waals surface area contributed by atoms with Crippen LogP contribution in [-0.2, 0) is 16.2 Å². The average Bonchev–Trinajstić information content (AvgIpc) is 3.12. The van der Waals surface area contributed by atoms with Crippen LogP contribution >= 0.6 is 59.6 Å². The van der Waals surface area contributed by atoms with Gasteiger partial charge >= 0.3 is 0 Å². The minimum Gasteiger partial charge on any atom is -0.493 e. The molecule has 0 bridgehead atoms. The number of halogens is 3. The number of imide groups is 1. The molecule has 0 aromatic heterocycles. The van der Waals surface area contributed by atoms with Gasteiger partial charge in [-0.25, -0.2) is 0 Å². The third-order valence-electron chi connectivity index (χ3n) is 5.15. The average molecular weight is 711 g/mol. The standard InChI is InChI=1S/C26H19Br3N2O5S/c1-35-21-11-16(10-20(29)24(21)36-14-15-2-4-17(27)5-3-15)12-22-25(33)31(26(34)37-22)13-23(32)30-19-8-6-18(28)7-9-19/h2-12H,13-14H2,1H3,(H,30,32)/b22-12+. The molecule has 1 aliphatic heterocycles. The second-order valence-corrected chi connectivity index (χ2v) is 11.5. The fourth-order valence-corrected chi connectivity index (χ4v) is 5.31. The molecule has 3 aromatic rings. The third kappa shape index (κ3) is 7.04. The summed E-state index contributed by atoms with van der Waals surface area (Å²) in [5.74, 6) is -0.0275. The van der Waals surface area contributed by atoms with E-state index in [0.717, 1.165) is 31.2 Å². The number of anilines is 1. The van der Waals surface area contributed by atoms with Gasteiger partial charge in [-0.2, -0.15) is 0 Å². The number of nitrogens with one attached hydrogen (secondary N) is 1. The van der Waals surface area contributed by atoms with Crippen LogP contribution in [0.3, 0.4) is 0 Å². The van der Waals surface area contributed by atoms with Gasteiger partial charge in [-0.15, -0.1) is 0 Å². The molecule has 1 saturated heterocycles. The molecule has 11 heteroatoms. The predicted molar refractivity (Wildman–Crippen MR) is 155 cm³/mol. The van der Waals surface area contributed by atoms with Crippen molar-refractivity contribution in [3.8, 4) is 11.5 Å². The molecule has 0 spiro atoms. The largest absolute Gasteiger partial charge is 0.493 e. The van der Waals surface area contributed by atoms with E-state index in [1.807, 2.05) is 24.3 Å². The van der Waals surface area contributed by atoms with Crippen LogP contribution < -0.4 is 14.8 Å². The molecule has 37 heavy (non-hydrogen) atoms. The predicted octanol–water partition coefficient (Wildman–Crippen LogP) is 7.24. The highest BCUT2D eigenvalue weighted by Gasteiger charge is 2.36. The van der Waals surface area contributed by atoms with Crippen molar-refractivity contribution < 1.29 is 23.9 Å². The van der Waals surface area contributed by atoms with Gasteiger partial charge in [0, 0.05) is 14.6 Å². The Bertz CT molecular complexity index is 1380. The van der Waals surface area contributed by atoms with Gasteiger partial charge in [0.2, 0.25) is 5.91 Å². The first-order valence-electron chi connectivity index (χ1n) is 10.8. The highest BCUT2D eigenvalue weighted by Crippen LogP contribution is 2.39. The van der Waals surface area contributed by atoms with Crippen LogP contribution in [0.1, 0.15) is 11.1 Å². The van der Waals surface area contributed by atoms with Gasteiger partial charge in [0.15, 0.2) is 11.5 Å². The molecule has 1 N–H and O–H groups in total. The SMILES string of the molecule is COc1cc(/C=C2/SC(=O)N(CC(=O)Nc3ccc(Br)cc3)C2=O)cc(Br)c1OCc1ccc(Br)cc1. The molecule has 3 aromatic carbocycles. The first-order valence-corrected chi connectivity index (χ1v) is 14.0. The smallest absolute Gasteiger partial charge is 0.294 e. The van der Waals surface area contributed by atoms with E-state index >= 15 is 0 Å². The first-order chi connectivity index (χ1) is 17.7. The number of methoxy groups -OCH3 is 1. The molecule has 1 aliphatic rings. The molecular weight excluding hydrogens is 692 g/mol. The molecule has 0 radical (unpaired) electrons. The van der Waals surface area contributed by atoms with E-state index in [-0.39, 0.29) is 11.4 Å². The Morgan fingerprint density at radius 1 is 1.00 bits per heavy atom. The Balaban J connectivity index is 1.46. The summed E-state index contributed by atoms with van der Waals surface area (Å²) >= 11 is 11.0. The van der Waals surface area contributed by atoms with Crippen LogP contribution in [-0.4, -0.2) is 35.6 Å². The van der Waals surface area contributed by atoms with Crippen LogP contribution in [0.2, 0.25) is 0 Å². The Morgan fingerprint density at radius 3 is 2.30 bits per heavy atom. The van der Waals surface area contributed by atoms with Crippen LogP contribution in [0.5, 0.6) is 11.5 Å². The van der Waals surface area contributed by atoms with E-state index in [1.54, 1.807) is 42.5 Å². The summed E-state index contributed by atoms with van der Waals surface area (Å²) in [5.41, 5.74) is 2.18. The Kier molecular flexibility index (Phi) is 9.12. The van der Waals surface area contributed by atoms with Crippen molar-refractivity contribution in [2.24, 2.45) is 0 Å². The zero-order chi connectivity index (χ0) is 26.5. The van der Waals surface area contributed by atoms with E-state index < -0.39 is 17.1 Å². The molecular formula is C26H19Br3N2O5S. The minimum atomic E-state index is -0.536. The third-order valence-corrected chi connectivity index (χ3v) is 7.70. The number of carbonyl (C=O) groups excluding carboxylic acids is 3. The summed E-state index contributed by atoms with van der Waals surface area (Å²) < 4.78 is 14.0. The van der Waals surface area contributed by atoms with Crippen molar-refractivity contribution in [3.63, 3.8) is 0 Å². The van der Waals surface area contributed by atoms with E-state index in [2.05, 4.69) is 53.1 Å². The summed E-state index contributed by atoms with van der Waals surface area (Å²) in [6, 6.07) is 18.3. The first kappa shape index (κ1) is 27.4. The van der Waals surface area contributed by atoms with Crippen molar-refractivity contribution in [2.45, 2.75) is 6.61 Å². The molecule has 0 atom stereocenters. The number of rotatable bonds is 8. The molecule has 190 valence electrons. The summed E-state index contributed by atoms with van der Waals surface area (Å²) in [6.45, 7) is -0.0449. The zero-order valence-corrected chi connectivity index (χ0v) is 24.9. The lowest BCUT2D eigenvalue weighted by Crippen LogP contribution is -2.36. The fraction of sp³-hybridized carbons (Fsp3) is 0.115. The maximum Gasteiger partial charge on any atom is 0.294 e. The molecule has 1 fully saturated rings. The van der Waals surface area contributed by atoms with Gasteiger partial charge in [-0.05, 0) is 93.4 Å². The van der Waals surface area contributed by atoms with Crippen molar-refractivity contribution in [3.05, 3.63) is 90.1 Å². The quantitative estimate of drug-likeness (QED) is 0.248. The summed E-state index contributed by atoms with van der Waals surface area (Å²) in [5, 5.41) is 2.17. The minimum absolute atomic E-state index is 0.207. The van der Waals surface area contributed by atoms with Crippen molar-refractivity contribution in [1.29, 1.82) is 0 Å². The lowest BCUT2D eigenvalue weighted by Gasteiger charge is -2.14. The molecule has 1 heterocycles. The van der Waals surface area contributed by atoms with Crippen LogP contribution in [0.15, 0.2) is 79.0 Å². The van der Waals surface area contributed by atoms with Gasteiger partial charge < -0.3 is 14.8 Å². The molecule has 3 amide bonds. The van der Waals surface area contributed by atoms with Gasteiger partial charge in [0.1, 0.15) is 13.2 Å². The van der Waals surface area contributed by atoms with E-state index in [9.17, 15) is 14.4 Å². The lowest BCUT2D eigenvalue weighted by atomic mass is 10.1. The van der Waals surface area contributed by atoms with Gasteiger partial charge in [-0.1, -0.05) is 44.0 Å². The lowest BCUT2D eigenvalue weighted by molar-refractivity contribution is -0.127. The topological polar surface area (TPSA) is 84.9 Å². The van der Waals surface area contributed by atoms with Crippen molar-refractivity contribution in [2.75, 3.05) is 19.0 Å². The number of hydrogen-bond donors (Lipinski definition) is 1. The molecule has 0 aliphatic carbocycles. The molecule has 0 unspecified atom stereocenters. The Morgan fingerprint density at radius 2 is 1.65 bits per heavy atom. The van der Waals surface area contributed by atoms with Crippen molar-refractivity contribution >= 4 is 88.4 Å². The second kappa shape index (κ2) is 12.3. The highest BCUT2D eigenvalue weighted by molar-refractivity contribution is 9.11. The van der Waals surface area contributed by atoms with Crippen LogP contribution in [0.4, 0.5) is 10.5 Å². The van der Waals surface area contributed by atoms with Crippen molar-refractivity contribution in [1.82, 2.24) is 4.90 Å². The number of carbonyl (C=O) groups is 3. The molecule has 7 nitrogen and oxygen atoms in total. The Hall–Kier alpha value is -2.60. The maximum atomic E-state index is 12.9. The number of benzene rings is 3. The van der Waals surface area contributed by atoms with Crippen LogP contribution in [0.25, 0.3) is 6.08 Å². The molecule has 0 saturated carbocycles. The molecule has 4 rings (SSSR count). The summed E-state index contributed by atoms with van der Waals surface area (Å²) in [6.07, 6.45) is 1.59. The monoisotopic (exact) mass is 708 g/mol. The highest BCUT2D eigenvalue weighted by atomic mass is 79.9. The van der Waals surface area contributed by atoms with Gasteiger partial charge in [0.25, 0.3) is 11.1 Å². The number of amides is 3. The Labute approximate surface area is 243 Å². The fourth-order valence-electron chi connectivity index (χ4n) is 3.36. The van der Waals surface area contributed by atoms with Gasteiger partial charge in [0.05, 0.1) is 16.5 Å². The number of nitrogens with zero attached hydrogens (tertiary/aromatic N) is 1. The van der Waals surface area contributed by atoms with E-state index in [4.69, 9.17) is 9.47 Å². The zero-order valence-electron chi connectivity index (χ0n) is 19.3. The number of ether oxygens (including phenoxy) is 2. The van der Waals surface area contributed by atoms with Crippen LogP contribution in [0, 0.1) is 0 Å².